The molecule has 8 heteroatoms. The maximum atomic E-state index is 12.6. The van der Waals surface area contributed by atoms with Gasteiger partial charge >= 0.3 is 5.97 Å². The van der Waals surface area contributed by atoms with Gasteiger partial charge in [0.2, 0.25) is 0 Å². The molecule has 1 aliphatic rings. The highest BCUT2D eigenvalue weighted by atomic mass is 32.1. The molecule has 1 aliphatic heterocycles. The minimum Gasteiger partial charge on any atom is -0.454 e. The van der Waals surface area contributed by atoms with Crippen LogP contribution in [0.2, 0.25) is 0 Å². The molecule has 3 rings (SSSR count). The van der Waals surface area contributed by atoms with Gasteiger partial charge < -0.3 is 9.64 Å². The van der Waals surface area contributed by atoms with Gasteiger partial charge in [0.1, 0.15) is 11.4 Å². The fourth-order valence-corrected chi connectivity index (χ4v) is 4.05. The van der Waals surface area contributed by atoms with Crippen molar-refractivity contribution in [3.05, 3.63) is 27.1 Å². The zero-order valence-corrected chi connectivity index (χ0v) is 16.1. The lowest BCUT2D eigenvalue weighted by atomic mass is 9.99. The number of amides is 1. The summed E-state index contributed by atoms with van der Waals surface area (Å²) in [7, 11) is 0. The maximum Gasteiger partial charge on any atom is 0.326 e. The van der Waals surface area contributed by atoms with E-state index in [9.17, 15) is 14.4 Å². The third kappa shape index (κ3) is 3.80. The zero-order valence-electron chi connectivity index (χ0n) is 15.3. The smallest absolute Gasteiger partial charge is 0.326 e. The quantitative estimate of drug-likeness (QED) is 0.760. The predicted molar refractivity (Wildman–Crippen MR) is 99.3 cm³/mol. The average molecular weight is 377 g/mol. The molecule has 1 saturated heterocycles. The number of hydrogen-bond donors (Lipinski definition) is 0. The maximum absolute atomic E-state index is 12.6. The van der Waals surface area contributed by atoms with Gasteiger partial charge in [0, 0.05) is 18.0 Å². The molecule has 0 N–H and O–H groups in total. The van der Waals surface area contributed by atoms with E-state index < -0.39 is 5.97 Å². The minimum atomic E-state index is -0.614. The van der Waals surface area contributed by atoms with Gasteiger partial charge in [-0.3, -0.25) is 19.0 Å². The van der Waals surface area contributed by atoms with Crippen molar-refractivity contribution in [1.82, 2.24) is 14.5 Å². The van der Waals surface area contributed by atoms with Gasteiger partial charge in [0.05, 0.1) is 11.7 Å². The molecule has 0 unspecified atom stereocenters. The lowest BCUT2D eigenvalue weighted by molar-refractivity contribution is -0.153. The van der Waals surface area contributed by atoms with Crippen molar-refractivity contribution in [2.45, 2.75) is 40.2 Å². The summed E-state index contributed by atoms with van der Waals surface area (Å²) in [6, 6.07) is 0. The Kier molecular flexibility index (Phi) is 5.41. The Morgan fingerprint density at radius 1 is 1.31 bits per heavy atom. The number of aryl methyl sites for hydroxylation is 2. The summed E-state index contributed by atoms with van der Waals surface area (Å²) in [5.41, 5.74) is 0.630. The van der Waals surface area contributed by atoms with E-state index >= 15 is 0 Å². The SMILES string of the molecule is Cc1sc2ncn(CC(=O)OCC(=O)N3CCC(C)CC3)c(=O)c2c1C. The number of carbonyl (C=O) groups is 2. The van der Waals surface area contributed by atoms with Crippen LogP contribution in [-0.4, -0.2) is 46.0 Å². The summed E-state index contributed by atoms with van der Waals surface area (Å²) in [6.07, 6.45) is 3.30. The molecule has 0 atom stereocenters. The van der Waals surface area contributed by atoms with E-state index in [1.165, 1.54) is 22.2 Å². The van der Waals surface area contributed by atoms with Gasteiger partial charge in [-0.05, 0) is 38.2 Å². The molecule has 0 saturated carbocycles. The number of likely N-dealkylation sites (tertiary alicyclic amines) is 1. The van der Waals surface area contributed by atoms with Gasteiger partial charge in [-0.15, -0.1) is 11.3 Å². The van der Waals surface area contributed by atoms with E-state index in [2.05, 4.69) is 11.9 Å². The summed E-state index contributed by atoms with van der Waals surface area (Å²) in [5, 5.41) is 0.543. The first-order valence-corrected chi connectivity index (χ1v) is 9.57. The standard InChI is InChI=1S/C18H23N3O4S/c1-11-4-6-20(7-5-11)14(22)9-25-15(23)8-21-10-19-17-16(18(21)24)12(2)13(3)26-17/h10-11H,4-9H2,1-3H3. The Morgan fingerprint density at radius 2 is 2.00 bits per heavy atom. The number of hydrogen-bond acceptors (Lipinski definition) is 6. The molecule has 0 aromatic carbocycles. The van der Waals surface area contributed by atoms with Crippen molar-refractivity contribution >= 4 is 33.4 Å². The third-order valence-corrected chi connectivity index (χ3v) is 6.06. The number of fused-ring (bicyclic) bond motifs is 1. The van der Waals surface area contributed by atoms with Crippen molar-refractivity contribution in [3.63, 3.8) is 0 Å². The number of ether oxygens (including phenoxy) is 1. The highest BCUT2D eigenvalue weighted by Gasteiger charge is 2.21. The van der Waals surface area contributed by atoms with Gasteiger partial charge in [0.15, 0.2) is 6.61 Å². The summed E-state index contributed by atoms with van der Waals surface area (Å²) in [6.45, 7) is 6.85. The van der Waals surface area contributed by atoms with Crippen LogP contribution in [0, 0.1) is 19.8 Å². The first kappa shape index (κ1) is 18.6. The molecule has 140 valence electrons. The third-order valence-electron chi connectivity index (χ3n) is 4.95. The van der Waals surface area contributed by atoms with Crippen LogP contribution in [0.5, 0.6) is 0 Å². The van der Waals surface area contributed by atoms with Gasteiger partial charge in [-0.25, -0.2) is 4.98 Å². The predicted octanol–water partition coefficient (Wildman–Crippen LogP) is 1.88. The first-order valence-electron chi connectivity index (χ1n) is 8.75. The van der Waals surface area contributed by atoms with Crippen molar-refractivity contribution in [1.29, 1.82) is 0 Å². The van der Waals surface area contributed by atoms with E-state index in [-0.39, 0.29) is 24.6 Å². The van der Waals surface area contributed by atoms with E-state index in [1.54, 1.807) is 4.90 Å². The highest BCUT2D eigenvalue weighted by molar-refractivity contribution is 7.18. The van der Waals surface area contributed by atoms with Crippen LogP contribution in [-0.2, 0) is 20.9 Å². The van der Waals surface area contributed by atoms with Crippen molar-refractivity contribution in [2.75, 3.05) is 19.7 Å². The molecule has 1 fully saturated rings. The molecular weight excluding hydrogens is 354 g/mol. The van der Waals surface area contributed by atoms with E-state index in [4.69, 9.17) is 4.74 Å². The van der Waals surface area contributed by atoms with E-state index in [1.807, 2.05) is 13.8 Å². The molecule has 2 aromatic rings. The molecule has 0 radical (unpaired) electrons. The second kappa shape index (κ2) is 7.57. The molecule has 0 spiro atoms. The van der Waals surface area contributed by atoms with Crippen molar-refractivity contribution < 1.29 is 14.3 Å². The molecule has 0 bridgehead atoms. The topological polar surface area (TPSA) is 81.5 Å². The molecule has 7 nitrogen and oxygen atoms in total. The first-order chi connectivity index (χ1) is 12.4. The fraction of sp³-hybridized carbons (Fsp3) is 0.556. The van der Waals surface area contributed by atoms with E-state index in [0.717, 1.165) is 23.3 Å². The normalized spacial score (nSPS) is 15.4. The Labute approximate surface area is 155 Å². The molecule has 1 amide bonds. The lowest BCUT2D eigenvalue weighted by Gasteiger charge is -2.30. The fourth-order valence-electron chi connectivity index (χ4n) is 3.06. The van der Waals surface area contributed by atoms with Crippen molar-refractivity contribution in [2.24, 2.45) is 5.92 Å². The number of rotatable bonds is 4. The van der Waals surface area contributed by atoms with Crippen LogP contribution in [0.3, 0.4) is 0 Å². The molecule has 3 heterocycles. The molecule has 26 heavy (non-hydrogen) atoms. The van der Waals surface area contributed by atoms with Crippen LogP contribution in [0.15, 0.2) is 11.1 Å². The Balaban J connectivity index is 1.61. The van der Waals surface area contributed by atoms with Gasteiger partial charge in [0.25, 0.3) is 11.5 Å². The second-order valence-electron chi connectivity index (χ2n) is 6.87. The van der Waals surface area contributed by atoms with Crippen LogP contribution in [0.25, 0.3) is 10.2 Å². The van der Waals surface area contributed by atoms with E-state index in [0.29, 0.717) is 29.2 Å². The van der Waals surface area contributed by atoms with Crippen LogP contribution in [0.4, 0.5) is 0 Å². The average Bonchev–Trinajstić information content (AvgIpc) is 2.91. The van der Waals surface area contributed by atoms with Crippen LogP contribution < -0.4 is 5.56 Å². The summed E-state index contributed by atoms with van der Waals surface area (Å²) >= 11 is 1.46. The molecule has 0 aliphatic carbocycles. The number of piperidine rings is 1. The monoisotopic (exact) mass is 377 g/mol. The number of thiophene rings is 1. The number of nitrogens with zero attached hydrogens (tertiary/aromatic N) is 3. The Bertz CT molecular complexity index is 894. The molecular formula is C18H23N3O4S. The number of aromatic nitrogens is 2. The largest absolute Gasteiger partial charge is 0.454 e. The molecule has 2 aromatic heterocycles. The second-order valence-corrected chi connectivity index (χ2v) is 8.07. The summed E-state index contributed by atoms with van der Waals surface area (Å²) in [5.74, 6) is -0.174. The summed E-state index contributed by atoms with van der Waals surface area (Å²) < 4.78 is 6.31. The Hall–Kier alpha value is -2.22. The van der Waals surface area contributed by atoms with Gasteiger partial charge in [-0.2, -0.15) is 0 Å². The van der Waals surface area contributed by atoms with Crippen LogP contribution >= 0.6 is 11.3 Å². The number of carbonyl (C=O) groups excluding carboxylic acids is 2. The highest BCUT2D eigenvalue weighted by Crippen LogP contribution is 2.25. The zero-order chi connectivity index (χ0) is 18.8. The van der Waals surface area contributed by atoms with Crippen molar-refractivity contribution in [3.8, 4) is 0 Å². The lowest BCUT2D eigenvalue weighted by Crippen LogP contribution is -2.40. The summed E-state index contributed by atoms with van der Waals surface area (Å²) in [4.78, 5) is 44.4. The number of esters is 1. The van der Waals surface area contributed by atoms with Crippen LogP contribution in [0.1, 0.15) is 30.2 Å². The minimum absolute atomic E-state index is 0.185. The van der Waals surface area contributed by atoms with Gasteiger partial charge in [-0.1, -0.05) is 6.92 Å². The Morgan fingerprint density at radius 3 is 2.69 bits per heavy atom.